The summed E-state index contributed by atoms with van der Waals surface area (Å²) in [6.07, 6.45) is 0. The standard InChI is InChI=1S/C16H20N2/c1-11-7-12(2)16(13(3)8-11)18-10-14-5-4-6-15(17)9-14/h4-9,18H,10,17H2,1-3H3. The van der Waals surface area contributed by atoms with Gasteiger partial charge >= 0.3 is 0 Å². The van der Waals surface area contributed by atoms with E-state index in [1.807, 2.05) is 18.2 Å². The van der Waals surface area contributed by atoms with Crippen molar-refractivity contribution in [2.75, 3.05) is 11.1 Å². The quantitative estimate of drug-likeness (QED) is 0.801. The fourth-order valence-electron chi connectivity index (χ4n) is 2.35. The van der Waals surface area contributed by atoms with Crippen molar-refractivity contribution in [1.29, 1.82) is 0 Å². The molecule has 2 rings (SSSR count). The number of benzene rings is 2. The van der Waals surface area contributed by atoms with Gasteiger partial charge in [-0.05, 0) is 49.6 Å². The molecule has 2 aromatic rings. The summed E-state index contributed by atoms with van der Waals surface area (Å²) in [5.41, 5.74) is 12.9. The topological polar surface area (TPSA) is 38.0 Å². The number of rotatable bonds is 3. The van der Waals surface area contributed by atoms with Gasteiger partial charge in [0, 0.05) is 17.9 Å². The molecule has 0 aliphatic heterocycles. The Hall–Kier alpha value is -1.96. The predicted octanol–water partition coefficient (Wildman–Crippen LogP) is 3.81. The van der Waals surface area contributed by atoms with Crippen molar-refractivity contribution in [2.45, 2.75) is 27.3 Å². The molecule has 0 aromatic heterocycles. The van der Waals surface area contributed by atoms with Crippen LogP contribution in [0.3, 0.4) is 0 Å². The molecule has 0 saturated heterocycles. The van der Waals surface area contributed by atoms with Crippen LogP contribution < -0.4 is 11.1 Å². The third-order valence-electron chi connectivity index (χ3n) is 3.10. The van der Waals surface area contributed by atoms with Crippen LogP contribution in [0.4, 0.5) is 11.4 Å². The summed E-state index contributed by atoms with van der Waals surface area (Å²) in [7, 11) is 0. The van der Waals surface area contributed by atoms with Crippen LogP contribution in [0, 0.1) is 20.8 Å². The minimum atomic E-state index is 0.801. The first-order valence-corrected chi connectivity index (χ1v) is 6.22. The smallest absolute Gasteiger partial charge is 0.0402 e. The van der Waals surface area contributed by atoms with Crippen LogP contribution in [0.2, 0.25) is 0 Å². The molecule has 94 valence electrons. The van der Waals surface area contributed by atoms with E-state index in [1.165, 1.54) is 27.9 Å². The van der Waals surface area contributed by atoms with Gasteiger partial charge in [-0.25, -0.2) is 0 Å². The minimum Gasteiger partial charge on any atom is -0.399 e. The van der Waals surface area contributed by atoms with E-state index in [-0.39, 0.29) is 0 Å². The molecule has 0 fully saturated rings. The molecule has 0 aliphatic carbocycles. The van der Waals surface area contributed by atoms with E-state index < -0.39 is 0 Å². The van der Waals surface area contributed by atoms with Crippen molar-refractivity contribution in [3.05, 3.63) is 58.7 Å². The molecule has 0 amide bonds. The van der Waals surface area contributed by atoms with Gasteiger partial charge in [0.05, 0.1) is 0 Å². The largest absolute Gasteiger partial charge is 0.399 e. The van der Waals surface area contributed by atoms with Gasteiger partial charge in [0.1, 0.15) is 0 Å². The Morgan fingerprint density at radius 3 is 2.28 bits per heavy atom. The summed E-state index contributed by atoms with van der Waals surface area (Å²) in [4.78, 5) is 0. The lowest BCUT2D eigenvalue weighted by Crippen LogP contribution is -2.03. The summed E-state index contributed by atoms with van der Waals surface area (Å²) in [6, 6.07) is 12.4. The minimum absolute atomic E-state index is 0.801. The van der Waals surface area contributed by atoms with Gasteiger partial charge in [-0.15, -0.1) is 0 Å². The normalized spacial score (nSPS) is 10.4. The number of nitrogens with one attached hydrogen (secondary N) is 1. The Bertz CT molecular complexity index is 536. The van der Waals surface area contributed by atoms with E-state index in [4.69, 9.17) is 5.73 Å². The van der Waals surface area contributed by atoms with Crippen molar-refractivity contribution in [1.82, 2.24) is 0 Å². The average molecular weight is 240 g/mol. The maximum absolute atomic E-state index is 5.78. The van der Waals surface area contributed by atoms with Crippen molar-refractivity contribution >= 4 is 11.4 Å². The fourth-order valence-corrected chi connectivity index (χ4v) is 2.35. The molecule has 2 nitrogen and oxygen atoms in total. The highest BCUT2D eigenvalue weighted by atomic mass is 14.9. The van der Waals surface area contributed by atoms with Gasteiger partial charge in [-0.1, -0.05) is 29.8 Å². The second-order valence-corrected chi connectivity index (χ2v) is 4.87. The highest BCUT2D eigenvalue weighted by molar-refractivity contribution is 5.58. The Labute approximate surface area is 109 Å². The molecule has 0 unspecified atom stereocenters. The Morgan fingerprint density at radius 2 is 1.67 bits per heavy atom. The lowest BCUT2D eigenvalue weighted by Gasteiger charge is -2.14. The van der Waals surface area contributed by atoms with Crippen molar-refractivity contribution < 1.29 is 0 Å². The van der Waals surface area contributed by atoms with Crippen molar-refractivity contribution in [3.8, 4) is 0 Å². The van der Waals surface area contributed by atoms with E-state index >= 15 is 0 Å². The molecule has 0 radical (unpaired) electrons. The Kier molecular flexibility index (Phi) is 3.56. The second kappa shape index (κ2) is 5.13. The number of hydrogen-bond donors (Lipinski definition) is 2. The molecule has 18 heavy (non-hydrogen) atoms. The lowest BCUT2D eigenvalue weighted by molar-refractivity contribution is 1.13. The summed E-state index contributed by atoms with van der Waals surface area (Å²) in [5.74, 6) is 0. The summed E-state index contributed by atoms with van der Waals surface area (Å²) >= 11 is 0. The van der Waals surface area contributed by atoms with Crippen LogP contribution >= 0.6 is 0 Å². The van der Waals surface area contributed by atoms with Gasteiger partial charge < -0.3 is 11.1 Å². The van der Waals surface area contributed by atoms with E-state index in [0.29, 0.717) is 0 Å². The van der Waals surface area contributed by atoms with Gasteiger partial charge in [0.25, 0.3) is 0 Å². The van der Waals surface area contributed by atoms with Gasteiger partial charge in [0.2, 0.25) is 0 Å². The van der Waals surface area contributed by atoms with Gasteiger partial charge in [-0.3, -0.25) is 0 Å². The zero-order valence-electron chi connectivity index (χ0n) is 11.2. The molecule has 0 atom stereocenters. The second-order valence-electron chi connectivity index (χ2n) is 4.87. The average Bonchev–Trinajstić information content (AvgIpc) is 2.27. The van der Waals surface area contributed by atoms with Gasteiger partial charge in [-0.2, -0.15) is 0 Å². The molecule has 0 aliphatic rings. The first-order valence-electron chi connectivity index (χ1n) is 6.22. The molecule has 0 spiro atoms. The molecule has 0 saturated carbocycles. The summed E-state index contributed by atoms with van der Waals surface area (Å²) < 4.78 is 0. The van der Waals surface area contributed by atoms with Gasteiger partial charge in [0.15, 0.2) is 0 Å². The monoisotopic (exact) mass is 240 g/mol. The molecular formula is C16H20N2. The van der Waals surface area contributed by atoms with Crippen molar-refractivity contribution in [3.63, 3.8) is 0 Å². The molecule has 2 heteroatoms. The zero-order valence-corrected chi connectivity index (χ0v) is 11.2. The number of aryl methyl sites for hydroxylation is 3. The molecule has 0 bridgehead atoms. The highest BCUT2D eigenvalue weighted by Gasteiger charge is 2.03. The molecule has 0 heterocycles. The summed E-state index contributed by atoms with van der Waals surface area (Å²) in [6.45, 7) is 7.21. The Balaban J connectivity index is 2.16. The summed E-state index contributed by atoms with van der Waals surface area (Å²) in [5, 5.41) is 3.50. The van der Waals surface area contributed by atoms with E-state index in [2.05, 4.69) is 44.3 Å². The number of hydrogen-bond acceptors (Lipinski definition) is 2. The van der Waals surface area contributed by atoms with Crippen molar-refractivity contribution in [2.24, 2.45) is 0 Å². The van der Waals surface area contributed by atoms with Crippen LogP contribution in [-0.2, 0) is 6.54 Å². The Morgan fingerprint density at radius 1 is 1.00 bits per heavy atom. The molecular weight excluding hydrogens is 220 g/mol. The van der Waals surface area contributed by atoms with Crippen LogP contribution in [0.5, 0.6) is 0 Å². The lowest BCUT2D eigenvalue weighted by atomic mass is 10.0. The maximum Gasteiger partial charge on any atom is 0.0402 e. The molecule has 3 N–H and O–H groups in total. The number of nitrogens with two attached hydrogens (primary N) is 1. The number of anilines is 2. The van der Waals surface area contributed by atoms with Crippen LogP contribution in [0.15, 0.2) is 36.4 Å². The fraction of sp³-hybridized carbons (Fsp3) is 0.250. The van der Waals surface area contributed by atoms with Crippen LogP contribution in [0.1, 0.15) is 22.3 Å². The first-order chi connectivity index (χ1) is 8.56. The highest BCUT2D eigenvalue weighted by Crippen LogP contribution is 2.22. The SMILES string of the molecule is Cc1cc(C)c(NCc2cccc(N)c2)c(C)c1. The van der Waals surface area contributed by atoms with E-state index in [1.54, 1.807) is 0 Å². The van der Waals surface area contributed by atoms with E-state index in [0.717, 1.165) is 12.2 Å². The van der Waals surface area contributed by atoms with E-state index in [9.17, 15) is 0 Å². The van der Waals surface area contributed by atoms with Crippen LogP contribution in [-0.4, -0.2) is 0 Å². The third-order valence-corrected chi connectivity index (χ3v) is 3.10. The zero-order chi connectivity index (χ0) is 13.1. The number of nitrogen functional groups attached to an aromatic ring is 1. The predicted molar refractivity (Wildman–Crippen MR) is 78.8 cm³/mol. The van der Waals surface area contributed by atoms with Crippen LogP contribution in [0.25, 0.3) is 0 Å². The molecule has 2 aromatic carbocycles. The maximum atomic E-state index is 5.78. The third kappa shape index (κ3) is 2.83. The first kappa shape index (κ1) is 12.5.